The van der Waals surface area contributed by atoms with Crippen LogP contribution in [0.15, 0.2) is 17.1 Å². The minimum Gasteiger partial charge on any atom is -0.372 e. The SMILES string of the molecule is CC1(C)CN(c2cnn(CC3CO3)c(=O)c2)CCO1. The van der Waals surface area contributed by atoms with Crippen LogP contribution in [0.4, 0.5) is 5.69 Å². The van der Waals surface area contributed by atoms with E-state index in [1.807, 2.05) is 0 Å². The number of ether oxygens (including phenoxy) is 2. The topological polar surface area (TPSA) is 59.9 Å². The van der Waals surface area contributed by atoms with Crippen molar-refractivity contribution >= 4 is 5.69 Å². The first-order chi connectivity index (χ1) is 9.03. The predicted octanol–water partition coefficient (Wildman–Crippen LogP) is 0.257. The van der Waals surface area contributed by atoms with E-state index in [2.05, 4.69) is 23.8 Å². The summed E-state index contributed by atoms with van der Waals surface area (Å²) in [4.78, 5) is 14.1. The molecule has 2 aliphatic rings. The van der Waals surface area contributed by atoms with Crippen molar-refractivity contribution in [1.29, 1.82) is 0 Å². The molecule has 0 bridgehead atoms. The maximum Gasteiger partial charge on any atom is 0.268 e. The molecule has 3 rings (SSSR count). The molecule has 1 atom stereocenters. The Hall–Kier alpha value is -1.40. The van der Waals surface area contributed by atoms with Crippen molar-refractivity contribution in [1.82, 2.24) is 9.78 Å². The van der Waals surface area contributed by atoms with Crippen molar-refractivity contribution < 1.29 is 9.47 Å². The molecule has 1 aromatic rings. The molecule has 0 N–H and O–H groups in total. The Kier molecular flexibility index (Phi) is 3.06. The van der Waals surface area contributed by atoms with Crippen LogP contribution < -0.4 is 10.5 Å². The van der Waals surface area contributed by atoms with E-state index in [0.717, 1.165) is 25.4 Å². The first-order valence-electron chi connectivity index (χ1n) is 6.61. The van der Waals surface area contributed by atoms with Gasteiger partial charge in [-0.15, -0.1) is 0 Å². The summed E-state index contributed by atoms with van der Waals surface area (Å²) < 4.78 is 12.2. The van der Waals surface area contributed by atoms with Crippen LogP contribution in [0.5, 0.6) is 0 Å². The van der Waals surface area contributed by atoms with E-state index < -0.39 is 0 Å². The zero-order valence-electron chi connectivity index (χ0n) is 11.3. The van der Waals surface area contributed by atoms with Crippen LogP contribution in [0.3, 0.4) is 0 Å². The second kappa shape index (κ2) is 4.61. The number of anilines is 1. The first kappa shape index (κ1) is 12.6. The van der Waals surface area contributed by atoms with Crippen LogP contribution in [0, 0.1) is 0 Å². The third-order valence-electron chi connectivity index (χ3n) is 3.42. The van der Waals surface area contributed by atoms with Crippen LogP contribution in [0.2, 0.25) is 0 Å². The highest BCUT2D eigenvalue weighted by molar-refractivity contribution is 5.43. The molecule has 0 spiro atoms. The van der Waals surface area contributed by atoms with Crippen LogP contribution in [0.1, 0.15) is 13.8 Å². The lowest BCUT2D eigenvalue weighted by atomic mass is 10.1. The molecule has 19 heavy (non-hydrogen) atoms. The second-order valence-electron chi connectivity index (χ2n) is 5.72. The van der Waals surface area contributed by atoms with Gasteiger partial charge in [0.1, 0.15) is 6.10 Å². The molecule has 1 aromatic heterocycles. The summed E-state index contributed by atoms with van der Waals surface area (Å²) in [6.07, 6.45) is 1.92. The molecule has 1 unspecified atom stereocenters. The predicted molar refractivity (Wildman–Crippen MR) is 70.5 cm³/mol. The number of hydrogen-bond donors (Lipinski definition) is 0. The smallest absolute Gasteiger partial charge is 0.268 e. The molecule has 6 heteroatoms. The number of epoxide rings is 1. The van der Waals surface area contributed by atoms with Crippen LogP contribution >= 0.6 is 0 Å². The van der Waals surface area contributed by atoms with Gasteiger partial charge in [0.05, 0.1) is 37.2 Å². The molecule has 6 nitrogen and oxygen atoms in total. The molecule has 0 aromatic carbocycles. The van der Waals surface area contributed by atoms with Gasteiger partial charge in [0, 0.05) is 19.2 Å². The normalized spacial score (nSPS) is 25.4. The average molecular weight is 265 g/mol. The third kappa shape index (κ3) is 2.96. The second-order valence-corrected chi connectivity index (χ2v) is 5.72. The lowest BCUT2D eigenvalue weighted by Crippen LogP contribution is -2.48. The van der Waals surface area contributed by atoms with Crippen molar-refractivity contribution in [3.8, 4) is 0 Å². The van der Waals surface area contributed by atoms with Gasteiger partial charge >= 0.3 is 0 Å². The third-order valence-corrected chi connectivity index (χ3v) is 3.42. The van der Waals surface area contributed by atoms with E-state index in [9.17, 15) is 4.79 Å². The van der Waals surface area contributed by atoms with E-state index in [-0.39, 0.29) is 17.3 Å². The zero-order valence-corrected chi connectivity index (χ0v) is 11.3. The maximum atomic E-state index is 12.0. The van der Waals surface area contributed by atoms with Crippen LogP contribution in [0.25, 0.3) is 0 Å². The van der Waals surface area contributed by atoms with Crippen molar-refractivity contribution in [2.45, 2.75) is 32.1 Å². The van der Waals surface area contributed by atoms with Crippen LogP contribution in [-0.2, 0) is 16.0 Å². The number of nitrogens with zero attached hydrogens (tertiary/aromatic N) is 3. The van der Waals surface area contributed by atoms with Gasteiger partial charge in [0.25, 0.3) is 5.56 Å². The van der Waals surface area contributed by atoms with Crippen molar-refractivity contribution in [2.75, 3.05) is 31.2 Å². The fourth-order valence-corrected chi connectivity index (χ4v) is 2.34. The summed E-state index contributed by atoms with van der Waals surface area (Å²) in [7, 11) is 0. The number of aromatic nitrogens is 2. The molecule has 0 radical (unpaired) electrons. The standard InChI is InChI=1S/C13H19N3O3/c1-13(2)9-15(3-4-19-13)10-5-12(17)16(14-6-10)7-11-8-18-11/h5-6,11H,3-4,7-9H2,1-2H3. The molecule has 3 heterocycles. The molecule has 2 aliphatic heterocycles. The zero-order chi connectivity index (χ0) is 13.5. The summed E-state index contributed by atoms with van der Waals surface area (Å²) >= 11 is 0. The van der Waals surface area contributed by atoms with Crippen molar-refractivity contribution in [3.05, 3.63) is 22.6 Å². The van der Waals surface area contributed by atoms with Gasteiger partial charge in [-0.1, -0.05) is 0 Å². The summed E-state index contributed by atoms with van der Waals surface area (Å²) in [6.45, 7) is 7.62. The van der Waals surface area contributed by atoms with Crippen LogP contribution in [-0.4, -0.2) is 47.8 Å². The molecule has 0 saturated carbocycles. The molecular weight excluding hydrogens is 246 g/mol. The number of rotatable bonds is 3. The summed E-state index contributed by atoms with van der Waals surface area (Å²) in [5.74, 6) is 0. The van der Waals surface area contributed by atoms with E-state index in [1.54, 1.807) is 12.3 Å². The first-order valence-corrected chi connectivity index (χ1v) is 6.61. The van der Waals surface area contributed by atoms with Gasteiger partial charge < -0.3 is 14.4 Å². The van der Waals surface area contributed by atoms with Gasteiger partial charge in [0.15, 0.2) is 0 Å². The Balaban J connectivity index is 1.77. The van der Waals surface area contributed by atoms with Crippen molar-refractivity contribution in [2.24, 2.45) is 0 Å². The lowest BCUT2D eigenvalue weighted by molar-refractivity contribution is -0.0277. The molecule has 2 saturated heterocycles. The Bertz CT molecular complexity index is 522. The molecule has 0 amide bonds. The lowest BCUT2D eigenvalue weighted by Gasteiger charge is -2.39. The highest BCUT2D eigenvalue weighted by Gasteiger charge is 2.28. The summed E-state index contributed by atoms with van der Waals surface area (Å²) in [5, 5.41) is 4.22. The minimum absolute atomic E-state index is 0.0719. The Labute approximate surface area is 111 Å². The average Bonchev–Trinajstić information content (AvgIpc) is 3.14. The van der Waals surface area contributed by atoms with Gasteiger partial charge in [-0.05, 0) is 13.8 Å². The Morgan fingerprint density at radius 1 is 1.53 bits per heavy atom. The van der Waals surface area contributed by atoms with Gasteiger partial charge in [0.2, 0.25) is 0 Å². The van der Waals surface area contributed by atoms with Crippen molar-refractivity contribution in [3.63, 3.8) is 0 Å². The maximum absolute atomic E-state index is 12.0. The highest BCUT2D eigenvalue weighted by Crippen LogP contribution is 2.21. The number of morpholine rings is 1. The van der Waals surface area contributed by atoms with E-state index in [0.29, 0.717) is 13.2 Å². The van der Waals surface area contributed by atoms with E-state index >= 15 is 0 Å². The Morgan fingerprint density at radius 3 is 2.95 bits per heavy atom. The quantitative estimate of drug-likeness (QED) is 0.734. The fraction of sp³-hybridized carbons (Fsp3) is 0.692. The fourth-order valence-electron chi connectivity index (χ4n) is 2.34. The van der Waals surface area contributed by atoms with Gasteiger partial charge in [-0.25, -0.2) is 4.68 Å². The molecule has 104 valence electrons. The van der Waals surface area contributed by atoms with Gasteiger partial charge in [-0.3, -0.25) is 4.79 Å². The molecule has 0 aliphatic carbocycles. The van der Waals surface area contributed by atoms with E-state index in [4.69, 9.17) is 9.47 Å². The summed E-state index contributed by atoms with van der Waals surface area (Å²) in [5.41, 5.74) is 0.612. The van der Waals surface area contributed by atoms with E-state index in [1.165, 1.54) is 4.68 Å². The largest absolute Gasteiger partial charge is 0.372 e. The van der Waals surface area contributed by atoms with Gasteiger partial charge in [-0.2, -0.15) is 5.10 Å². The highest BCUT2D eigenvalue weighted by atomic mass is 16.6. The Morgan fingerprint density at radius 2 is 2.32 bits per heavy atom. The molecular formula is C13H19N3O3. The number of hydrogen-bond acceptors (Lipinski definition) is 5. The monoisotopic (exact) mass is 265 g/mol. The minimum atomic E-state index is -0.186. The summed E-state index contributed by atoms with van der Waals surface area (Å²) in [6, 6.07) is 1.65. The molecule has 2 fully saturated rings.